The van der Waals surface area contributed by atoms with Crippen LogP contribution >= 0.6 is 11.8 Å². The van der Waals surface area contributed by atoms with Gasteiger partial charge >= 0.3 is 6.03 Å². The molecule has 9 heteroatoms. The van der Waals surface area contributed by atoms with E-state index in [1.54, 1.807) is 11.8 Å². The lowest BCUT2D eigenvalue weighted by Crippen LogP contribution is -2.32. The van der Waals surface area contributed by atoms with Gasteiger partial charge in [0, 0.05) is 43.2 Å². The number of urea groups is 1. The molecule has 3 amide bonds. The number of carbonyl (C=O) groups is 2. The van der Waals surface area contributed by atoms with Crippen LogP contribution in [0.3, 0.4) is 0 Å². The number of imide groups is 1. The van der Waals surface area contributed by atoms with E-state index in [1.165, 1.54) is 10.6 Å². The average molecular weight is 417 g/mol. The third-order valence-electron chi connectivity index (χ3n) is 4.98. The summed E-state index contributed by atoms with van der Waals surface area (Å²) in [7, 11) is 0. The van der Waals surface area contributed by atoms with Crippen molar-refractivity contribution in [3.8, 4) is 11.4 Å². The first-order chi connectivity index (χ1) is 14.1. The Labute approximate surface area is 175 Å². The van der Waals surface area contributed by atoms with Crippen molar-refractivity contribution in [3.63, 3.8) is 0 Å². The number of rotatable bonds is 10. The van der Waals surface area contributed by atoms with Crippen molar-refractivity contribution >= 4 is 29.4 Å². The van der Waals surface area contributed by atoms with Gasteiger partial charge in [0.05, 0.1) is 6.54 Å². The Balaban J connectivity index is 1.62. The van der Waals surface area contributed by atoms with E-state index < -0.39 is 0 Å². The molecule has 8 nitrogen and oxygen atoms in total. The predicted molar refractivity (Wildman–Crippen MR) is 115 cm³/mol. The van der Waals surface area contributed by atoms with Gasteiger partial charge in [0.25, 0.3) is 0 Å². The third-order valence-corrected chi connectivity index (χ3v) is 6.03. The SMILES string of the molecule is CCN(CC)c1ccc(-c2nnc(SCCCN3C(=O)CNC3=O)n2CC)cc1. The molecule has 1 N–H and O–H groups in total. The zero-order valence-corrected chi connectivity index (χ0v) is 18.0. The van der Waals surface area contributed by atoms with Gasteiger partial charge in [0.15, 0.2) is 11.0 Å². The normalized spacial score (nSPS) is 13.8. The monoisotopic (exact) mass is 416 g/mol. The minimum Gasteiger partial charge on any atom is -0.372 e. The maximum absolute atomic E-state index is 11.6. The molecule has 0 saturated carbocycles. The molecule has 0 aliphatic carbocycles. The van der Waals surface area contributed by atoms with Crippen molar-refractivity contribution in [2.45, 2.75) is 38.9 Å². The zero-order valence-electron chi connectivity index (χ0n) is 17.2. The summed E-state index contributed by atoms with van der Waals surface area (Å²) >= 11 is 1.60. The molecule has 0 radical (unpaired) electrons. The van der Waals surface area contributed by atoms with Crippen LogP contribution in [0.15, 0.2) is 29.4 Å². The van der Waals surface area contributed by atoms with E-state index in [1.807, 2.05) is 0 Å². The molecule has 1 aliphatic rings. The zero-order chi connectivity index (χ0) is 20.8. The maximum atomic E-state index is 11.6. The highest BCUT2D eigenvalue weighted by atomic mass is 32.2. The Morgan fingerprint density at radius 3 is 2.41 bits per heavy atom. The Hall–Kier alpha value is -2.55. The molecule has 0 spiro atoms. The van der Waals surface area contributed by atoms with E-state index in [0.29, 0.717) is 13.0 Å². The minimum absolute atomic E-state index is 0.104. The van der Waals surface area contributed by atoms with Crippen LogP contribution < -0.4 is 10.2 Å². The summed E-state index contributed by atoms with van der Waals surface area (Å²) in [4.78, 5) is 26.8. The van der Waals surface area contributed by atoms with Crippen molar-refractivity contribution in [1.82, 2.24) is 25.0 Å². The molecule has 0 atom stereocenters. The molecule has 0 bridgehead atoms. The fraction of sp³-hybridized carbons (Fsp3) is 0.500. The first-order valence-electron chi connectivity index (χ1n) is 10.1. The second kappa shape index (κ2) is 9.78. The lowest BCUT2D eigenvalue weighted by molar-refractivity contribution is -0.124. The second-order valence-corrected chi connectivity index (χ2v) is 7.74. The standard InChI is InChI=1S/C20H28N6O2S/c1-4-24(5-2)16-10-8-15(9-11-16)18-22-23-20(25(18)6-3)29-13-7-12-26-17(27)14-21-19(26)28/h8-11H,4-7,12-14H2,1-3H3,(H,21,28). The van der Waals surface area contributed by atoms with Gasteiger partial charge in [-0.05, 0) is 51.5 Å². The molecule has 1 fully saturated rings. The van der Waals surface area contributed by atoms with Crippen molar-refractivity contribution in [1.29, 1.82) is 0 Å². The summed E-state index contributed by atoms with van der Waals surface area (Å²) in [5.74, 6) is 1.46. The minimum atomic E-state index is -0.299. The first-order valence-corrected chi connectivity index (χ1v) is 11.1. The Kier molecular flexibility index (Phi) is 7.13. The number of benzene rings is 1. The number of thioether (sulfide) groups is 1. The number of carbonyl (C=O) groups excluding carboxylic acids is 2. The molecule has 1 aromatic carbocycles. The van der Waals surface area contributed by atoms with Crippen LogP contribution in [0, 0.1) is 0 Å². The van der Waals surface area contributed by atoms with E-state index in [2.05, 4.69) is 70.0 Å². The number of nitrogens with zero attached hydrogens (tertiary/aromatic N) is 5. The van der Waals surface area contributed by atoms with Gasteiger partial charge in [-0.3, -0.25) is 9.69 Å². The van der Waals surface area contributed by atoms with E-state index >= 15 is 0 Å². The van der Waals surface area contributed by atoms with Crippen LogP contribution in [0.5, 0.6) is 0 Å². The Morgan fingerprint density at radius 2 is 1.83 bits per heavy atom. The highest BCUT2D eigenvalue weighted by molar-refractivity contribution is 7.99. The molecule has 1 saturated heterocycles. The average Bonchev–Trinajstić information content (AvgIpc) is 3.29. The molecule has 29 heavy (non-hydrogen) atoms. The van der Waals surface area contributed by atoms with Gasteiger partial charge in [0.2, 0.25) is 5.91 Å². The highest BCUT2D eigenvalue weighted by Gasteiger charge is 2.27. The van der Waals surface area contributed by atoms with Crippen LogP contribution in [0.25, 0.3) is 11.4 Å². The summed E-state index contributed by atoms with van der Waals surface area (Å²) < 4.78 is 2.10. The van der Waals surface area contributed by atoms with Crippen LogP contribution in [0.1, 0.15) is 27.2 Å². The van der Waals surface area contributed by atoms with Gasteiger partial charge in [-0.25, -0.2) is 4.79 Å². The lowest BCUT2D eigenvalue weighted by Gasteiger charge is -2.21. The molecule has 1 aromatic heterocycles. The van der Waals surface area contributed by atoms with Crippen LogP contribution in [-0.4, -0.2) is 63.5 Å². The predicted octanol–water partition coefficient (Wildman–Crippen LogP) is 2.85. The molecule has 2 heterocycles. The van der Waals surface area contributed by atoms with Crippen LogP contribution in [0.4, 0.5) is 10.5 Å². The molecule has 2 aromatic rings. The molecule has 1 aliphatic heterocycles. The number of anilines is 1. The fourth-order valence-corrected chi connectivity index (χ4v) is 4.30. The Bertz CT molecular complexity index is 831. The van der Waals surface area contributed by atoms with Gasteiger partial charge in [-0.2, -0.15) is 0 Å². The summed E-state index contributed by atoms with van der Waals surface area (Å²) in [6.45, 7) is 9.65. The third kappa shape index (κ3) is 4.72. The first kappa shape index (κ1) is 21.2. The number of aromatic nitrogens is 3. The maximum Gasteiger partial charge on any atom is 0.324 e. The molecular weight excluding hydrogens is 388 g/mol. The smallest absolute Gasteiger partial charge is 0.324 e. The largest absolute Gasteiger partial charge is 0.372 e. The van der Waals surface area contributed by atoms with Crippen molar-refractivity contribution in [3.05, 3.63) is 24.3 Å². The van der Waals surface area contributed by atoms with Gasteiger partial charge < -0.3 is 14.8 Å². The van der Waals surface area contributed by atoms with Crippen molar-refractivity contribution in [2.75, 3.05) is 36.8 Å². The number of amides is 3. The van der Waals surface area contributed by atoms with Gasteiger partial charge in [-0.1, -0.05) is 11.8 Å². The van der Waals surface area contributed by atoms with E-state index in [4.69, 9.17) is 0 Å². The summed E-state index contributed by atoms with van der Waals surface area (Å²) in [5.41, 5.74) is 2.25. The van der Waals surface area contributed by atoms with Crippen molar-refractivity contribution < 1.29 is 9.59 Å². The fourth-order valence-electron chi connectivity index (χ4n) is 3.37. The van der Waals surface area contributed by atoms with Crippen LogP contribution in [-0.2, 0) is 11.3 Å². The molecular formula is C20H28N6O2S. The highest BCUT2D eigenvalue weighted by Crippen LogP contribution is 2.26. The molecule has 156 valence electrons. The van der Waals surface area contributed by atoms with Crippen LogP contribution in [0.2, 0.25) is 0 Å². The molecule has 0 unspecified atom stereocenters. The second-order valence-electron chi connectivity index (χ2n) is 6.68. The summed E-state index contributed by atoms with van der Waals surface area (Å²) in [5, 5.41) is 12.2. The van der Waals surface area contributed by atoms with E-state index in [-0.39, 0.29) is 18.5 Å². The van der Waals surface area contributed by atoms with Crippen molar-refractivity contribution in [2.24, 2.45) is 0 Å². The van der Waals surface area contributed by atoms with E-state index in [9.17, 15) is 9.59 Å². The quantitative estimate of drug-likeness (QED) is 0.364. The number of hydrogen-bond acceptors (Lipinski definition) is 6. The number of hydrogen-bond donors (Lipinski definition) is 1. The van der Waals surface area contributed by atoms with E-state index in [0.717, 1.165) is 41.9 Å². The summed E-state index contributed by atoms with van der Waals surface area (Å²) in [6, 6.07) is 8.14. The van der Waals surface area contributed by atoms with Gasteiger partial charge in [-0.15, -0.1) is 10.2 Å². The number of nitrogens with one attached hydrogen (secondary N) is 1. The Morgan fingerprint density at radius 1 is 1.10 bits per heavy atom. The lowest BCUT2D eigenvalue weighted by atomic mass is 10.2. The van der Waals surface area contributed by atoms with Gasteiger partial charge in [0.1, 0.15) is 0 Å². The topological polar surface area (TPSA) is 83.4 Å². The molecule has 3 rings (SSSR count). The summed E-state index contributed by atoms with van der Waals surface area (Å²) in [6.07, 6.45) is 0.717.